The molecule has 21 heavy (non-hydrogen) atoms. The number of sulfonamides is 1. The lowest BCUT2D eigenvalue weighted by Gasteiger charge is -2.15. The molecule has 0 bridgehead atoms. The fraction of sp³-hybridized carbons (Fsp3) is 0.333. The summed E-state index contributed by atoms with van der Waals surface area (Å²) < 4.78 is 31.9. The number of aryl methyl sites for hydroxylation is 2. The van der Waals surface area contributed by atoms with E-state index < -0.39 is 10.0 Å². The maximum atomic E-state index is 12.0. The molecule has 2 aromatic rings. The van der Waals surface area contributed by atoms with Crippen LogP contribution in [0.4, 0.5) is 5.69 Å². The van der Waals surface area contributed by atoms with Crippen molar-refractivity contribution in [2.75, 3.05) is 12.4 Å². The summed E-state index contributed by atoms with van der Waals surface area (Å²) in [7, 11) is -2.06. The standard InChI is InChI=1S/C15H20N2O3S/c1-10-5-7-13(9-15(10)21(18,19)16-4)17-12(3)14-8-6-11(2)20-14/h5-9,12,16-17H,1-4H3. The molecule has 0 aliphatic heterocycles. The van der Waals surface area contributed by atoms with Crippen molar-refractivity contribution in [3.8, 4) is 0 Å². The molecule has 6 heteroatoms. The molecule has 2 N–H and O–H groups in total. The highest BCUT2D eigenvalue weighted by molar-refractivity contribution is 7.89. The molecule has 1 atom stereocenters. The van der Waals surface area contributed by atoms with Crippen molar-refractivity contribution in [3.05, 3.63) is 47.4 Å². The summed E-state index contributed by atoms with van der Waals surface area (Å²) in [5, 5.41) is 3.25. The van der Waals surface area contributed by atoms with Crippen LogP contribution < -0.4 is 10.0 Å². The molecule has 0 radical (unpaired) electrons. The highest BCUT2D eigenvalue weighted by Crippen LogP contribution is 2.24. The maximum absolute atomic E-state index is 12.0. The lowest BCUT2D eigenvalue weighted by atomic mass is 10.2. The molecule has 0 amide bonds. The van der Waals surface area contributed by atoms with Crippen molar-refractivity contribution in [2.45, 2.75) is 31.7 Å². The summed E-state index contributed by atoms with van der Waals surface area (Å²) in [5.74, 6) is 1.66. The van der Waals surface area contributed by atoms with E-state index in [1.807, 2.05) is 32.0 Å². The lowest BCUT2D eigenvalue weighted by Crippen LogP contribution is -2.20. The molecule has 5 nitrogen and oxygen atoms in total. The Morgan fingerprint density at radius 1 is 1.14 bits per heavy atom. The van der Waals surface area contributed by atoms with Gasteiger partial charge < -0.3 is 9.73 Å². The van der Waals surface area contributed by atoms with Gasteiger partial charge in [0, 0.05) is 5.69 Å². The Bertz CT molecular complexity index is 735. The van der Waals surface area contributed by atoms with E-state index in [9.17, 15) is 8.42 Å². The van der Waals surface area contributed by atoms with Gasteiger partial charge in [-0.05, 0) is 57.6 Å². The van der Waals surface area contributed by atoms with Crippen LogP contribution >= 0.6 is 0 Å². The largest absolute Gasteiger partial charge is 0.464 e. The molecular formula is C15H20N2O3S. The number of furan rings is 1. The molecule has 2 rings (SSSR count). The van der Waals surface area contributed by atoms with Gasteiger partial charge in [-0.2, -0.15) is 0 Å². The number of hydrogen-bond acceptors (Lipinski definition) is 4. The Morgan fingerprint density at radius 3 is 2.43 bits per heavy atom. The van der Waals surface area contributed by atoms with Gasteiger partial charge in [0.1, 0.15) is 11.5 Å². The molecule has 1 aromatic carbocycles. The zero-order valence-electron chi connectivity index (χ0n) is 12.6. The van der Waals surface area contributed by atoms with Crippen LogP contribution in [0.2, 0.25) is 0 Å². The topological polar surface area (TPSA) is 71.3 Å². The Labute approximate surface area is 125 Å². The van der Waals surface area contributed by atoms with Gasteiger partial charge in [0.05, 0.1) is 10.9 Å². The molecule has 0 fully saturated rings. The first-order valence-electron chi connectivity index (χ1n) is 6.70. The van der Waals surface area contributed by atoms with Crippen LogP contribution in [0, 0.1) is 13.8 Å². The smallest absolute Gasteiger partial charge is 0.240 e. The average molecular weight is 308 g/mol. The SMILES string of the molecule is CNS(=O)(=O)c1cc(NC(C)c2ccc(C)o2)ccc1C. The fourth-order valence-corrected chi connectivity index (χ4v) is 3.09. The Balaban J connectivity index is 2.28. The third-order valence-electron chi connectivity index (χ3n) is 3.32. The van der Waals surface area contributed by atoms with E-state index in [4.69, 9.17) is 4.42 Å². The van der Waals surface area contributed by atoms with Gasteiger partial charge in [-0.15, -0.1) is 0 Å². The first-order valence-corrected chi connectivity index (χ1v) is 8.19. The van der Waals surface area contributed by atoms with Gasteiger partial charge in [-0.1, -0.05) is 6.07 Å². The first kappa shape index (κ1) is 15.6. The fourth-order valence-electron chi connectivity index (χ4n) is 2.10. The zero-order chi connectivity index (χ0) is 15.6. The van der Waals surface area contributed by atoms with Gasteiger partial charge in [-0.25, -0.2) is 13.1 Å². The minimum absolute atomic E-state index is 0.0495. The van der Waals surface area contributed by atoms with Gasteiger partial charge in [0.25, 0.3) is 0 Å². The van der Waals surface area contributed by atoms with Crippen molar-refractivity contribution < 1.29 is 12.8 Å². The van der Waals surface area contributed by atoms with E-state index in [0.29, 0.717) is 5.56 Å². The molecule has 0 aliphatic rings. The second kappa shape index (κ2) is 5.91. The van der Waals surface area contributed by atoms with Crippen molar-refractivity contribution in [1.82, 2.24) is 4.72 Å². The summed E-state index contributed by atoms with van der Waals surface area (Å²) in [5.41, 5.74) is 1.44. The summed E-state index contributed by atoms with van der Waals surface area (Å²) in [4.78, 5) is 0.276. The molecule has 1 unspecified atom stereocenters. The molecule has 114 valence electrons. The first-order chi connectivity index (χ1) is 9.83. The summed E-state index contributed by atoms with van der Waals surface area (Å²) in [6, 6.07) is 9.04. The average Bonchev–Trinajstić information content (AvgIpc) is 2.87. The second-order valence-corrected chi connectivity index (χ2v) is 6.86. The number of anilines is 1. The van der Waals surface area contributed by atoms with Gasteiger partial charge >= 0.3 is 0 Å². The summed E-state index contributed by atoms with van der Waals surface area (Å²) in [6.45, 7) is 5.62. The molecular weight excluding hydrogens is 288 g/mol. The molecule has 1 aromatic heterocycles. The van der Waals surface area contributed by atoms with Crippen LogP contribution in [0.25, 0.3) is 0 Å². The molecule has 0 saturated carbocycles. The number of benzene rings is 1. The lowest BCUT2D eigenvalue weighted by molar-refractivity contribution is 0.467. The van der Waals surface area contributed by atoms with Crippen LogP contribution in [0.1, 0.15) is 30.0 Å². The van der Waals surface area contributed by atoms with Crippen LogP contribution in [0.5, 0.6) is 0 Å². The van der Waals surface area contributed by atoms with E-state index in [0.717, 1.165) is 17.2 Å². The van der Waals surface area contributed by atoms with Gasteiger partial charge in [0.2, 0.25) is 10.0 Å². The molecule has 1 heterocycles. The van der Waals surface area contributed by atoms with Crippen LogP contribution in [0.15, 0.2) is 39.6 Å². The van der Waals surface area contributed by atoms with Crippen molar-refractivity contribution in [3.63, 3.8) is 0 Å². The summed E-state index contributed by atoms with van der Waals surface area (Å²) >= 11 is 0. The highest BCUT2D eigenvalue weighted by atomic mass is 32.2. The Kier molecular flexibility index (Phi) is 4.39. The predicted molar refractivity (Wildman–Crippen MR) is 82.9 cm³/mol. The van der Waals surface area contributed by atoms with E-state index >= 15 is 0 Å². The number of hydrogen-bond donors (Lipinski definition) is 2. The third-order valence-corrected chi connectivity index (χ3v) is 4.87. The van der Waals surface area contributed by atoms with Crippen LogP contribution in [-0.2, 0) is 10.0 Å². The molecule has 0 saturated heterocycles. The molecule has 0 spiro atoms. The minimum atomic E-state index is -3.46. The summed E-state index contributed by atoms with van der Waals surface area (Å²) in [6.07, 6.45) is 0. The zero-order valence-corrected chi connectivity index (χ0v) is 13.4. The monoisotopic (exact) mass is 308 g/mol. The van der Waals surface area contributed by atoms with Crippen molar-refractivity contribution in [1.29, 1.82) is 0 Å². The van der Waals surface area contributed by atoms with Gasteiger partial charge in [0.15, 0.2) is 0 Å². The third kappa shape index (κ3) is 3.46. The predicted octanol–water partition coefficient (Wildman–Crippen LogP) is 2.98. The molecule has 0 aliphatic carbocycles. The van der Waals surface area contributed by atoms with Crippen LogP contribution in [-0.4, -0.2) is 15.5 Å². The van der Waals surface area contributed by atoms with Gasteiger partial charge in [-0.3, -0.25) is 0 Å². The second-order valence-electron chi connectivity index (χ2n) is 5.00. The minimum Gasteiger partial charge on any atom is -0.464 e. The Hall–Kier alpha value is -1.79. The normalized spacial score (nSPS) is 13.1. The highest BCUT2D eigenvalue weighted by Gasteiger charge is 2.16. The van der Waals surface area contributed by atoms with E-state index in [1.54, 1.807) is 19.1 Å². The van der Waals surface area contributed by atoms with E-state index in [1.165, 1.54) is 7.05 Å². The van der Waals surface area contributed by atoms with Crippen molar-refractivity contribution >= 4 is 15.7 Å². The van der Waals surface area contributed by atoms with Crippen LogP contribution in [0.3, 0.4) is 0 Å². The maximum Gasteiger partial charge on any atom is 0.240 e. The number of rotatable bonds is 5. The van der Waals surface area contributed by atoms with E-state index in [-0.39, 0.29) is 10.9 Å². The van der Waals surface area contributed by atoms with Crippen molar-refractivity contribution in [2.24, 2.45) is 0 Å². The Morgan fingerprint density at radius 2 is 1.86 bits per heavy atom. The quantitative estimate of drug-likeness (QED) is 0.891. The number of nitrogens with one attached hydrogen (secondary N) is 2. The van der Waals surface area contributed by atoms with E-state index in [2.05, 4.69) is 10.0 Å².